The average molecular weight is 339 g/mol. The second-order valence-electron chi connectivity index (χ2n) is 4.79. The van der Waals surface area contributed by atoms with Crippen molar-refractivity contribution in [2.45, 2.75) is 6.36 Å². The van der Waals surface area contributed by atoms with E-state index in [1.807, 2.05) is 0 Å². The monoisotopic (exact) mass is 339 g/mol. The zero-order chi connectivity index (χ0) is 17.3. The van der Waals surface area contributed by atoms with Crippen molar-refractivity contribution in [1.82, 2.24) is 0 Å². The summed E-state index contributed by atoms with van der Waals surface area (Å²) in [6.07, 6.45) is -4.84. The molecule has 1 heterocycles. The maximum absolute atomic E-state index is 12.8. The third-order valence-corrected chi connectivity index (χ3v) is 3.08. The van der Waals surface area contributed by atoms with Gasteiger partial charge in [0.2, 0.25) is 0 Å². The number of hydrazone groups is 1. The highest BCUT2D eigenvalue weighted by Crippen LogP contribution is 2.30. The van der Waals surface area contributed by atoms with E-state index in [-0.39, 0.29) is 11.3 Å². The summed E-state index contributed by atoms with van der Waals surface area (Å²) in [5.74, 6) is -1.48. The molecule has 1 aliphatic rings. The molecule has 0 spiro atoms. The molecule has 2 aromatic rings. The Morgan fingerprint density at radius 3 is 2.46 bits per heavy atom. The van der Waals surface area contributed by atoms with Gasteiger partial charge in [0.1, 0.15) is 11.6 Å². The number of carbonyl (C=O) groups is 1. The summed E-state index contributed by atoms with van der Waals surface area (Å²) in [5, 5.41) is 6.35. The first kappa shape index (κ1) is 15.8. The van der Waals surface area contributed by atoms with E-state index in [0.29, 0.717) is 11.4 Å². The third kappa shape index (κ3) is 3.45. The first-order chi connectivity index (χ1) is 11.3. The Bertz CT molecular complexity index is 816. The van der Waals surface area contributed by atoms with Crippen LogP contribution in [0, 0.1) is 5.82 Å². The zero-order valence-corrected chi connectivity index (χ0v) is 11.8. The van der Waals surface area contributed by atoms with Gasteiger partial charge < -0.3 is 10.1 Å². The first-order valence-corrected chi connectivity index (χ1v) is 6.62. The van der Waals surface area contributed by atoms with E-state index < -0.39 is 23.8 Å². The maximum atomic E-state index is 12.8. The summed E-state index contributed by atoms with van der Waals surface area (Å²) in [6.45, 7) is 0. The molecule has 24 heavy (non-hydrogen) atoms. The molecule has 1 amide bonds. The number of rotatable bonds is 3. The number of hydrogen-bond acceptors (Lipinski definition) is 4. The Kier molecular flexibility index (Phi) is 3.84. The summed E-state index contributed by atoms with van der Waals surface area (Å²) >= 11 is 0. The Morgan fingerprint density at radius 2 is 1.79 bits per heavy atom. The van der Waals surface area contributed by atoms with E-state index in [4.69, 9.17) is 0 Å². The third-order valence-electron chi connectivity index (χ3n) is 3.08. The van der Waals surface area contributed by atoms with E-state index in [2.05, 4.69) is 20.6 Å². The molecule has 0 bridgehead atoms. The molecule has 124 valence electrons. The summed E-state index contributed by atoms with van der Waals surface area (Å²) < 4.78 is 53.5. The van der Waals surface area contributed by atoms with Crippen LogP contribution in [0.2, 0.25) is 0 Å². The lowest BCUT2D eigenvalue weighted by Gasteiger charge is -2.09. The van der Waals surface area contributed by atoms with Crippen LogP contribution in [0.3, 0.4) is 0 Å². The van der Waals surface area contributed by atoms with Crippen LogP contribution in [-0.2, 0) is 4.79 Å². The van der Waals surface area contributed by atoms with Crippen molar-refractivity contribution in [3.63, 3.8) is 0 Å². The van der Waals surface area contributed by atoms with Crippen molar-refractivity contribution in [3.05, 3.63) is 53.8 Å². The molecule has 0 radical (unpaired) electrons. The highest BCUT2D eigenvalue weighted by molar-refractivity contribution is 6.53. The van der Waals surface area contributed by atoms with E-state index >= 15 is 0 Å². The number of nitrogens with zero attached hydrogens (tertiary/aromatic N) is 1. The van der Waals surface area contributed by atoms with Gasteiger partial charge in [-0.25, -0.2) is 4.39 Å². The number of fused-ring (bicyclic) bond motifs is 1. The molecule has 9 heteroatoms. The van der Waals surface area contributed by atoms with Crippen LogP contribution in [0.5, 0.6) is 5.75 Å². The minimum atomic E-state index is -4.84. The number of ether oxygens (including phenoxy) is 1. The Balaban J connectivity index is 1.88. The van der Waals surface area contributed by atoms with Crippen LogP contribution in [0.15, 0.2) is 47.6 Å². The Morgan fingerprint density at radius 1 is 1.08 bits per heavy atom. The van der Waals surface area contributed by atoms with Gasteiger partial charge in [-0.1, -0.05) is 0 Å². The van der Waals surface area contributed by atoms with E-state index in [1.165, 1.54) is 30.3 Å². The molecule has 1 aliphatic heterocycles. The van der Waals surface area contributed by atoms with Crippen molar-refractivity contribution in [3.8, 4) is 5.75 Å². The highest BCUT2D eigenvalue weighted by atomic mass is 19.4. The molecule has 5 nitrogen and oxygen atoms in total. The van der Waals surface area contributed by atoms with Crippen LogP contribution in [-0.4, -0.2) is 18.0 Å². The number of benzene rings is 2. The molecule has 3 rings (SSSR count). The number of hydrogen-bond donors (Lipinski definition) is 2. The zero-order valence-electron chi connectivity index (χ0n) is 11.8. The van der Waals surface area contributed by atoms with E-state index in [9.17, 15) is 22.4 Å². The summed E-state index contributed by atoms with van der Waals surface area (Å²) in [5.41, 5.74) is 3.33. The Labute approximate surface area is 132 Å². The number of alkyl halides is 3. The molecule has 0 aromatic heterocycles. The van der Waals surface area contributed by atoms with Crippen molar-refractivity contribution in [2.75, 3.05) is 10.7 Å². The van der Waals surface area contributed by atoms with Crippen LogP contribution in [0.25, 0.3) is 0 Å². The fourth-order valence-corrected chi connectivity index (χ4v) is 2.09. The number of halogens is 4. The SMILES string of the molecule is O=C1Nc2ccc(OC(F)(F)F)cc2/C1=N/Nc1ccc(F)cc1. The van der Waals surface area contributed by atoms with Gasteiger partial charge in [-0.15, -0.1) is 13.2 Å². The number of amides is 1. The van der Waals surface area contributed by atoms with E-state index in [0.717, 1.165) is 12.1 Å². The summed E-state index contributed by atoms with van der Waals surface area (Å²) in [4.78, 5) is 11.9. The lowest BCUT2D eigenvalue weighted by atomic mass is 10.1. The van der Waals surface area contributed by atoms with Crippen molar-refractivity contribution in [2.24, 2.45) is 5.10 Å². The molecule has 2 N–H and O–H groups in total. The summed E-state index contributed by atoms with van der Waals surface area (Å²) in [7, 11) is 0. The van der Waals surface area contributed by atoms with Crippen molar-refractivity contribution < 1.29 is 27.1 Å². The van der Waals surface area contributed by atoms with Gasteiger partial charge in [-0.05, 0) is 42.5 Å². The van der Waals surface area contributed by atoms with Crippen molar-refractivity contribution in [1.29, 1.82) is 0 Å². The predicted molar refractivity (Wildman–Crippen MR) is 78.3 cm³/mol. The van der Waals surface area contributed by atoms with Crippen molar-refractivity contribution >= 4 is 23.0 Å². The normalized spacial score (nSPS) is 15.2. The number of carbonyl (C=O) groups excluding carboxylic acids is 1. The molecule has 0 saturated carbocycles. The topological polar surface area (TPSA) is 62.7 Å². The molecule has 0 aliphatic carbocycles. The molecular weight excluding hydrogens is 330 g/mol. The molecule has 0 unspecified atom stereocenters. The van der Waals surface area contributed by atoms with E-state index in [1.54, 1.807) is 0 Å². The second-order valence-corrected chi connectivity index (χ2v) is 4.79. The van der Waals surface area contributed by atoms with Gasteiger partial charge in [0.05, 0.1) is 11.4 Å². The molecule has 0 fully saturated rings. The van der Waals surface area contributed by atoms with Gasteiger partial charge in [-0.3, -0.25) is 10.2 Å². The summed E-state index contributed by atoms with van der Waals surface area (Å²) in [6, 6.07) is 8.62. The van der Waals surface area contributed by atoms with Gasteiger partial charge in [0.15, 0.2) is 5.71 Å². The van der Waals surface area contributed by atoms with Gasteiger partial charge in [0, 0.05) is 5.56 Å². The van der Waals surface area contributed by atoms with Crippen LogP contribution in [0.4, 0.5) is 28.9 Å². The first-order valence-electron chi connectivity index (χ1n) is 6.62. The molecule has 2 aromatic carbocycles. The molecular formula is C15H9F4N3O2. The van der Waals surface area contributed by atoms with Crippen LogP contribution < -0.4 is 15.5 Å². The van der Waals surface area contributed by atoms with Gasteiger partial charge >= 0.3 is 6.36 Å². The smallest absolute Gasteiger partial charge is 0.406 e. The second kappa shape index (κ2) is 5.84. The standard InChI is InChI=1S/C15H9F4N3O2/c16-8-1-3-9(4-2-8)21-22-13-11-7-10(24-15(17,18)19)5-6-12(11)20-14(13)23/h1-7,21H,(H,20,22,23). The molecule has 0 saturated heterocycles. The lowest BCUT2D eigenvalue weighted by molar-refractivity contribution is -0.274. The predicted octanol–water partition coefficient (Wildman–Crippen LogP) is 3.49. The van der Waals surface area contributed by atoms with Gasteiger partial charge in [0.25, 0.3) is 5.91 Å². The minimum Gasteiger partial charge on any atom is -0.406 e. The largest absolute Gasteiger partial charge is 0.573 e. The number of anilines is 2. The quantitative estimate of drug-likeness (QED) is 0.665. The minimum absolute atomic E-state index is 0.109. The fourth-order valence-electron chi connectivity index (χ4n) is 2.09. The lowest BCUT2D eigenvalue weighted by Crippen LogP contribution is -2.17. The Hall–Kier alpha value is -3.10. The fraction of sp³-hybridized carbons (Fsp3) is 0.0667. The highest BCUT2D eigenvalue weighted by Gasteiger charge is 2.33. The number of nitrogens with one attached hydrogen (secondary N) is 2. The van der Waals surface area contributed by atoms with Crippen LogP contribution >= 0.6 is 0 Å². The maximum Gasteiger partial charge on any atom is 0.573 e. The van der Waals surface area contributed by atoms with Gasteiger partial charge in [-0.2, -0.15) is 5.10 Å². The average Bonchev–Trinajstić information content (AvgIpc) is 2.80. The molecule has 0 atom stereocenters. The van der Waals surface area contributed by atoms with Crippen LogP contribution in [0.1, 0.15) is 5.56 Å².